The number of anilines is 1. The Hall–Kier alpha value is -2.05. The highest BCUT2D eigenvalue weighted by molar-refractivity contribution is 6.04. The summed E-state index contributed by atoms with van der Waals surface area (Å²) in [4.78, 5) is 12.1. The first kappa shape index (κ1) is 12.4. The highest BCUT2D eigenvalue weighted by atomic mass is 16.4. The lowest BCUT2D eigenvalue weighted by atomic mass is 9.97. The van der Waals surface area contributed by atoms with Crippen LogP contribution in [0.25, 0.3) is 0 Å². The van der Waals surface area contributed by atoms with E-state index in [9.17, 15) is 4.79 Å². The lowest BCUT2D eigenvalue weighted by Gasteiger charge is -2.14. The zero-order chi connectivity index (χ0) is 13.1. The van der Waals surface area contributed by atoms with Crippen LogP contribution in [0.2, 0.25) is 0 Å². The van der Waals surface area contributed by atoms with E-state index in [0.29, 0.717) is 17.3 Å². The van der Waals surface area contributed by atoms with Crippen LogP contribution < -0.4 is 11.1 Å². The van der Waals surface area contributed by atoms with Crippen molar-refractivity contribution in [3.05, 3.63) is 11.8 Å². The van der Waals surface area contributed by atoms with E-state index in [-0.39, 0.29) is 17.7 Å². The summed E-state index contributed by atoms with van der Waals surface area (Å²) in [6.07, 6.45) is 4.46. The molecule has 1 aromatic rings. The number of H-pyrrole nitrogens is 1. The molecule has 1 aliphatic carbocycles. The van der Waals surface area contributed by atoms with Crippen LogP contribution in [0.4, 0.5) is 5.82 Å². The maximum Gasteiger partial charge on any atom is 0.228 e. The van der Waals surface area contributed by atoms with E-state index in [2.05, 4.69) is 27.6 Å². The molecule has 0 bridgehead atoms. The lowest BCUT2D eigenvalue weighted by Crippen LogP contribution is -2.26. The molecular weight excluding hydrogens is 234 g/mol. The molecule has 1 saturated carbocycles. The number of nitrogens with one attached hydrogen (secondary N) is 2. The van der Waals surface area contributed by atoms with E-state index in [4.69, 9.17) is 10.9 Å². The monoisotopic (exact) mass is 251 g/mol. The normalized spacial score (nSPS) is 24.2. The van der Waals surface area contributed by atoms with E-state index >= 15 is 0 Å². The quantitative estimate of drug-likeness (QED) is 0.276. The van der Waals surface area contributed by atoms with Gasteiger partial charge in [-0.05, 0) is 18.8 Å². The summed E-state index contributed by atoms with van der Waals surface area (Å²) in [6, 6.07) is 0. The fourth-order valence-corrected chi connectivity index (χ4v) is 2.38. The molecule has 0 aromatic carbocycles. The largest absolute Gasteiger partial charge is 0.409 e. The van der Waals surface area contributed by atoms with E-state index in [1.807, 2.05) is 0 Å². The Morgan fingerprint density at radius 1 is 1.67 bits per heavy atom. The predicted molar refractivity (Wildman–Crippen MR) is 66.2 cm³/mol. The second kappa shape index (κ2) is 5.07. The molecule has 7 heteroatoms. The fraction of sp³-hybridized carbons (Fsp3) is 0.545. The van der Waals surface area contributed by atoms with Crippen molar-refractivity contribution >= 4 is 17.6 Å². The number of carbonyl (C=O) groups is 1. The van der Waals surface area contributed by atoms with Gasteiger partial charge in [-0.1, -0.05) is 18.5 Å². The molecule has 1 heterocycles. The molecule has 1 fully saturated rings. The van der Waals surface area contributed by atoms with Gasteiger partial charge in [0.15, 0.2) is 5.84 Å². The summed E-state index contributed by atoms with van der Waals surface area (Å²) in [7, 11) is 0. The number of amidine groups is 1. The lowest BCUT2D eigenvalue weighted by molar-refractivity contribution is -0.120. The highest BCUT2D eigenvalue weighted by Crippen LogP contribution is 2.32. The maximum atomic E-state index is 12.1. The van der Waals surface area contributed by atoms with Gasteiger partial charge in [-0.15, -0.1) is 0 Å². The Morgan fingerprint density at radius 3 is 3.06 bits per heavy atom. The maximum absolute atomic E-state index is 12.1. The van der Waals surface area contributed by atoms with Crippen molar-refractivity contribution in [3.63, 3.8) is 0 Å². The Bertz CT molecular complexity index is 468. The van der Waals surface area contributed by atoms with Crippen LogP contribution in [0.3, 0.4) is 0 Å². The van der Waals surface area contributed by atoms with Crippen molar-refractivity contribution < 1.29 is 10.0 Å². The van der Waals surface area contributed by atoms with Gasteiger partial charge in [-0.25, -0.2) is 0 Å². The number of nitrogens with two attached hydrogens (primary N) is 1. The number of hydrogen-bond acceptors (Lipinski definition) is 4. The Labute approximate surface area is 104 Å². The average molecular weight is 251 g/mol. The first-order valence-corrected chi connectivity index (χ1v) is 5.95. The third-order valence-corrected chi connectivity index (χ3v) is 3.47. The smallest absolute Gasteiger partial charge is 0.228 e. The Kier molecular flexibility index (Phi) is 3.50. The summed E-state index contributed by atoms with van der Waals surface area (Å²) >= 11 is 0. The van der Waals surface area contributed by atoms with Crippen molar-refractivity contribution in [2.45, 2.75) is 26.2 Å². The molecule has 0 spiro atoms. The number of aromatic nitrogens is 2. The second-order valence-electron chi connectivity index (χ2n) is 4.65. The molecule has 2 unspecified atom stereocenters. The van der Waals surface area contributed by atoms with Gasteiger partial charge in [0.05, 0.1) is 11.8 Å². The number of carbonyl (C=O) groups excluding carboxylic acids is 1. The van der Waals surface area contributed by atoms with E-state index in [1.54, 1.807) is 0 Å². The van der Waals surface area contributed by atoms with Gasteiger partial charge in [-0.3, -0.25) is 9.89 Å². The molecule has 0 saturated heterocycles. The molecule has 2 rings (SSSR count). The first-order valence-electron chi connectivity index (χ1n) is 5.95. The molecule has 1 aliphatic rings. The SMILES string of the molecule is CC1CCCC1C(=O)Nc1[nH]ncc1C(N)=NO. The van der Waals surface area contributed by atoms with Crippen LogP contribution in [0.5, 0.6) is 0 Å². The number of oxime groups is 1. The highest BCUT2D eigenvalue weighted by Gasteiger charge is 2.30. The van der Waals surface area contributed by atoms with Gasteiger partial charge in [-0.2, -0.15) is 5.10 Å². The van der Waals surface area contributed by atoms with Crippen LogP contribution >= 0.6 is 0 Å². The molecule has 2 atom stereocenters. The fourth-order valence-electron chi connectivity index (χ4n) is 2.38. The molecule has 1 amide bonds. The van der Waals surface area contributed by atoms with Crippen molar-refractivity contribution in [2.75, 3.05) is 5.32 Å². The van der Waals surface area contributed by atoms with Crippen molar-refractivity contribution in [3.8, 4) is 0 Å². The van der Waals surface area contributed by atoms with Gasteiger partial charge in [0, 0.05) is 5.92 Å². The summed E-state index contributed by atoms with van der Waals surface area (Å²) in [5.74, 6) is 0.651. The van der Waals surface area contributed by atoms with Crippen LogP contribution in [-0.4, -0.2) is 27.1 Å². The van der Waals surface area contributed by atoms with Crippen LogP contribution in [0, 0.1) is 11.8 Å². The first-order chi connectivity index (χ1) is 8.63. The average Bonchev–Trinajstić information content (AvgIpc) is 2.97. The minimum Gasteiger partial charge on any atom is -0.409 e. The van der Waals surface area contributed by atoms with Crippen molar-refractivity contribution in [1.29, 1.82) is 0 Å². The van der Waals surface area contributed by atoms with E-state index in [1.165, 1.54) is 6.20 Å². The van der Waals surface area contributed by atoms with Gasteiger partial charge >= 0.3 is 0 Å². The second-order valence-corrected chi connectivity index (χ2v) is 4.65. The predicted octanol–water partition coefficient (Wildman–Crippen LogP) is 0.879. The molecule has 0 aliphatic heterocycles. The number of nitrogens with zero attached hydrogens (tertiary/aromatic N) is 2. The standard InChI is InChI=1S/C11H17N5O2/c1-6-3-2-4-7(6)11(17)14-10-8(5-13-15-10)9(12)16-18/h5-7,18H,2-4H2,1H3,(H2,12,16)(H2,13,14,15,17). The Balaban J connectivity index is 2.10. The number of aromatic amines is 1. The minimum atomic E-state index is -0.0847. The van der Waals surface area contributed by atoms with Crippen LogP contribution in [0.15, 0.2) is 11.4 Å². The topological polar surface area (TPSA) is 116 Å². The van der Waals surface area contributed by atoms with E-state index in [0.717, 1.165) is 19.3 Å². The van der Waals surface area contributed by atoms with Crippen LogP contribution in [0.1, 0.15) is 31.7 Å². The van der Waals surface area contributed by atoms with Gasteiger partial charge in [0.2, 0.25) is 5.91 Å². The molecule has 0 radical (unpaired) electrons. The molecule has 18 heavy (non-hydrogen) atoms. The zero-order valence-electron chi connectivity index (χ0n) is 10.2. The number of amides is 1. The summed E-state index contributed by atoms with van der Waals surface area (Å²) < 4.78 is 0. The summed E-state index contributed by atoms with van der Waals surface area (Å²) in [6.45, 7) is 2.08. The molecule has 98 valence electrons. The third kappa shape index (κ3) is 2.29. The van der Waals surface area contributed by atoms with Crippen LogP contribution in [-0.2, 0) is 4.79 Å². The zero-order valence-corrected chi connectivity index (χ0v) is 10.2. The van der Waals surface area contributed by atoms with Gasteiger partial charge < -0.3 is 16.3 Å². The summed E-state index contributed by atoms with van der Waals surface area (Å²) in [5, 5.41) is 20.7. The van der Waals surface area contributed by atoms with Crippen molar-refractivity contribution in [2.24, 2.45) is 22.7 Å². The van der Waals surface area contributed by atoms with E-state index < -0.39 is 0 Å². The third-order valence-electron chi connectivity index (χ3n) is 3.47. The molecule has 1 aromatic heterocycles. The molecule has 5 N–H and O–H groups in total. The number of hydrogen-bond donors (Lipinski definition) is 4. The Morgan fingerprint density at radius 2 is 2.44 bits per heavy atom. The van der Waals surface area contributed by atoms with Crippen molar-refractivity contribution in [1.82, 2.24) is 10.2 Å². The molecule has 7 nitrogen and oxygen atoms in total. The van der Waals surface area contributed by atoms with Gasteiger partial charge in [0.25, 0.3) is 0 Å². The van der Waals surface area contributed by atoms with Gasteiger partial charge in [0.1, 0.15) is 5.82 Å². The number of rotatable bonds is 3. The minimum absolute atomic E-state index is 0.0217. The summed E-state index contributed by atoms with van der Waals surface area (Å²) in [5.41, 5.74) is 5.87. The molecular formula is C11H17N5O2.